The van der Waals surface area contributed by atoms with Crippen molar-refractivity contribution >= 4 is 17.2 Å². The molecule has 1 aromatic rings. The van der Waals surface area contributed by atoms with Gasteiger partial charge in [0.15, 0.2) is 0 Å². The van der Waals surface area contributed by atoms with Crippen molar-refractivity contribution < 1.29 is 4.79 Å². The highest BCUT2D eigenvalue weighted by Gasteiger charge is 2.21. The number of carbonyl (C=O) groups excluding carboxylic acids is 1. The minimum absolute atomic E-state index is 0.184. The summed E-state index contributed by atoms with van der Waals surface area (Å²) in [5, 5.41) is 10.7. The van der Waals surface area contributed by atoms with Gasteiger partial charge in [0, 0.05) is 13.0 Å². The highest BCUT2D eigenvalue weighted by atomic mass is 32.1. The summed E-state index contributed by atoms with van der Waals surface area (Å²) in [6.07, 6.45) is 3.14. The van der Waals surface area contributed by atoms with E-state index in [0.29, 0.717) is 24.8 Å². The Balaban J connectivity index is 1.73. The molecule has 1 saturated heterocycles. The van der Waals surface area contributed by atoms with Gasteiger partial charge < -0.3 is 10.6 Å². The van der Waals surface area contributed by atoms with Crippen LogP contribution < -0.4 is 10.6 Å². The number of nitrogens with one attached hydrogen (secondary N) is 2. The largest absolute Gasteiger partial charge is 0.352 e. The SMILES string of the molecule is Cc1cscc1CNC(=O)CC(C)C1CCCNC1. The Morgan fingerprint density at radius 2 is 2.42 bits per heavy atom. The summed E-state index contributed by atoms with van der Waals surface area (Å²) in [6, 6.07) is 0. The van der Waals surface area contributed by atoms with Crippen LogP contribution in [0.25, 0.3) is 0 Å². The highest BCUT2D eigenvalue weighted by molar-refractivity contribution is 7.08. The van der Waals surface area contributed by atoms with Crippen LogP contribution in [0.4, 0.5) is 0 Å². The molecule has 0 spiro atoms. The number of piperidine rings is 1. The van der Waals surface area contributed by atoms with E-state index in [2.05, 4.69) is 35.2 Å². The van der Waals surface area contributed by atoms with E-state index in [1.807, 2.05) is 0 Å². The standard InChI is InChI=1S/C15H24N2OS/c1-11(13-4-3-5-16-7-13)6-15(18)17-8-14-10-19-9-12(14)2/h9-11,13,16H,3-8H2,1-2H3,(H,17,18). The lowest BCUT2D eigenvalue weighted by atomic mass is 9.85. The monoisotopic (exact) mass is 280 g/mol. The molecule has 0 radical (unpaired) electrons. The minimum Gasteiger partial charge on any atom is -0.352 e. The van der Waals surface area contributed by atoms with Crippen LogP contribution in [0.15, 0.2) is 10.8 Å². The first kappa shape index (κ1) is 14.5. The topological polar surface area (TPSA) is 41.1 Å². The van der Waals surface area contributed by atoms with Crippen LogP contribution >= 0.6 is 11.3 Å². The van der Waals surface area contributed by atoms with E-state index in [1.165, 1.54) is 24.0 Å². The van der Waals surface area contributed by atoms with Crippen molar-refractivity contribution in [1.82, 2.24) is 10.6 Å². The maximum atomic E-state index is 12.0. The molecule has 2 unspecified atom stereocenters. The first-order valence-corrected chi connectivity index (χ1v) is 8.10. The zero-order valence-corrected chi connectivity index (χ0v) is 12.7. The Labute approximate surface area is 119 Å². The summed E-state index contributed by atoms with van der Waals surface area (Å²) < 4.78 is 0. The molecule has 0 aliphatic carbocycles. The Morgan fingerprint density at radius 1 is 1.58 bits per heavy atom. The molecule has 1 aromatic heterocycles. The summed E-state index contributed by atoms with van der Waals surface area (Å²) >= 11 is 1.69. The average Bonchev–Trinajstić information content (AvgIpc) is 2.83. The van der Waals surface area contributed by atoms with Crippen molar-refractivity contribution in [2.45, 2.75) is 39.7 Å². The van der Waals surface area contributed by atoms with E-state index in [1.54, 1.807) is 11.3 Å². The maximum Gasteiger partial charge on any atom is 0.220 e. The lowest BCUT2D eigenvalue weighted by molar-refractivity contribution is -0.122. The van der Waals surface area contributed by atoms with Crippen molar-refractivity contribution in [3.63, 3.8) is 0 Å². The number of aryl methyl sites for hydroxylation is 1. The Morgan fingerprint density at radius 3 is 3.05 bits per heavy atom. The van der Waals surface area contributed by atoms with Gasteiger partial charge in [-0.15, -0.1) is 0 Å². The van der Waals surface area contributed by atoms with Gasteiger partial charge in [0.1, 0.15) is 0 Å². The molecule has 4 heteroatoms. The molecule has 2 N–H and O–H groups in total. The summed E-state index contributed by atoms with van der Waals surface area (Å²) in [5.41, 5.74) is 2.51. The van der Waals surface area contributed by atoms with Gasteiger partial charge in [-0.25, -0.2) is 0 Å². The van der Waals surface area contributed by atoms with Gasteiger partial charge >= 0.3 is 0 Å². The number of rotatable bonds is 5. The van der Waals surface area contributed by atoms with Gasteiger partial charge in [0.2, 0.25) is 5.91 Å². The lowest BCUT2D eigenvalue weighted by Crippen LogP contribution is -2.35. The quantitative estimate of drug-likeness (QED) is 0.870. The smallest absolute Gasteiger partial charge is 0.220 e. The van der Waals surface area contributed by atoms with Crippen LogP contribution in [0.3, 0.4) is 0 Å². The predicted octanol–water partition coefficient (Wildman–Crippen LogP) is 2.70. The van der Waals surface area contributed by atoms with Crippen molar-refractivity contribution in [2.24, 2.45) is 11.8 Å². The first-order valence-electron chi connectivity index (χ1n) is 7.16. The van der Waals surface area contributed by atoms with E-state index in [4.69, 9.17) is 0 Å². The van der Waals surface area contributed by atoms with Crippen molar-refractivity contribution in [2.75, 3.05) is 13.1 Å². The van der Waals surface area contributed by atoms with Crippen LogP contribution in [-0.2, 0) is 11.3 Å². The Kier molecular flexibility index (Phi) is 5.40. The van der Waals surface area contributed by atoms with Crippen molar-refractivity contribution in [3.8, 4) is 0 Å². The van der Waals surface area contributed by atoms with E-state index in [-0.39, 0.29) is 5.91 Å². The van der Waals surface area contributed by atoms with E-state index in [0.717, 1.165) is 13.1 Å². The Hall–Kier alpha value is -0.870. The molecule has 3 nitrogen and oxygen atoms in total. The fourth-order valence-electron chi connectivity index (χ4n) is 2.66. The van der Waals surface area contributed by atoms with E-state index >= 15 is 0 Å². The molecule has 19 heavy (non-hydrogen) atoms. The molecule has 1 aliphatic rings. The van der Waals surface area contributed by atoms with Crippen LogP contribution in [0.5, 0.6) is 0 Å². The van der Waals surface area contributed by atoms with Crippen LogP contribution in [0.1, 0.15) is 37.3 Å². The summed E-state index contributed by atoms with van der Waals surface area (Å²) in [7, 11) is 0. The van der Waals surface area contributed by atoms with E-state index in [9.17, 15) is 4.79 Å². The summed E-state index contributed by atoms with van der Waals surface area (Å²) in [5.74, 6) is 1.31. The van der Waals surface area contributed by atoms with Gasteiger partial charge in [-0.05, 0) is 66.6 Å². The van der Waals surface area contributed by atoms with Crippen LogP contribution in [0.2, 0.25) is 0 Å². The lowest BCUT2D eigenvalue weighted by Gasteiger charge is -2.28. The third-order valence-corrected chi connectivity index (χ3v) is 4.99. The maximum absolute atomic E-state index is 12.0. The van der Waals surface area contributed by atoms with Crippen molar-refractivity contribution in [1.29, 1.82) is 0 Å². The zero-order chi connectivity index (χ0) is 13.7. The summed E-state index contributed by atoms with van der Waals surface area (Å²) in [6.45, 7) is 7.16. The van der Waals surface area contributed by atoms with Gasteiger partial charge in [0.25, 0.3) is 0 Å². The molecule has 2 atom stereocenters. The molecule has 1 amide bonds. The number of thiophene rings is 1. The van der Waals surface area contributed by atoms with Gasteiger partial charge in [-0.1, -0.05) is 6.92 Å². The molecule has 0 saturated carbocycles. The third-order valence-electron chi connectivity index (χ3n) is 4.08. The molecular formula is C15H24N2OS. The second-order valence-electron chi connectivity index (χ2n) is 5.64. The van der Waals surface area contributed by atoms with Crippen LogP contribution in [-0.4, -0.2) is 19.0 Å². The van der Waals surface area contributed by atoms with Crippen molar-refractivity contribution in [3.05, 3.63) is 21.9 Å². The van der Waals surface area contributed by atoms with E-state index < -0.39 is 0 Å². The number of amides is 1. The zero-order valence-electron chi connectivity index (χ0n) is 11.9. The molecule has 1 aliphatic heterocycles. The van der Waals surface area contributed by atoms with Gasteiger partial charge in [0.05, 0.1) is 0 Å². The predicted molar refractivity (Wildman–Crippen MR) is 80.3 cm³/mol. The molecule has 106 valence electrons. The third kappa shape index (κ3) is 4.32. The highest BCUT2D eigenvalue weighted by Crippen LogP contribution is 2.22. The second kappa shape index (κ2) is 7.06. The fraction of sp³-hybridized carbons (Fsp3) is 0.667. The number of hydrogen-bond donors (Lipinski definition) is 2. The molecule has 1 fully saturated rings. The molecule has 0 bridgehead atoms. The molecular weight excluding hydrogens is 256 g/mol. The number of hydrogen-bond acceptors (Lipinski definition) is 3. The van der Waals surface area contributed by atoms with Gasteiger partial charge in [-0.3, -0.25) is 4.79 Å². The number of carbonyl (C=O) groups is 1. The Bertz CT molecular complexity index is 410. The molecule has 2 heterocycles. The summed E-state index contributed by atoms with van der Waals surface area (Å²) in [4.78, 5) is 12.0. The van der Waals surface area contributed by atoms with Crippen LogP contribution in [0, 0.1) is 18.8 Å². The molecule has 2 rings (SSSR count). The fourth-order valence-corrected chi connectivity index (χ4v) is 3.51. The second-order valence-corrected chi connectivity index (χ2v) is 6.39. The first-order chi connectivity index (χ1) is 9.16. The average molecular weight is 280 g/mol. The van der Waals surface area contributed by atoms with Gasteiger partial charge in [-0.2, -0.15) is 11.3 Å². The minimum atomic E-state index is 0.184. The normalized spacial score (nSPS) is 21.1. The molecule has 0 aromatic carbocycles.